The van der Waals surface area contributed by atoms with Crippen LogP contribution < -0.4 is 0 Å². The Hall–Kier alpha value is -1.98. The van der Waals surface area contributed by atoms with E-state index in [-0.39, 0.29) is 17.2 Å². The fourth-order valence-corrected chi connectivity index (χ4v) is 4.03. The maximum Gasteiger partial charge on any atom is 0.274 e. The lowest BCUT2D eigenvalue weighted by atomic mass is 9.78. The van der Waals surface area contributed by atoms with Gasteiger partial charge in [0.1, 0.15) is 5.69 Å². The molecule has 3 fully saturated rings. The predicted molar refractivity (Wildman–Crippen MR) is 88.3 cm³/mol. The number of hydrogen-bond donors (Lipinski definition) is 0. The van der Waals surface area contributed by atoms with E-state index in [2.05, 4.69) is 9.97 Å². The van der Waals surface area contributed by atoms with Crippen LogP contribution in [0.1, 0.15) is 48.3 Å². The summed E-state index contributed by atoms with van der Waals surface area (Å²) in [4.78, 5) is 37.9. The van der Waals surface area contributed by atoms with Gasteiger partial charge in [0, 0.05) is 32.4 Å². The Bertz CT molecular complexity index is 655. The van der Waals surface area contributed by atoms with Crippen LogP contribution in [-0.4, -0.2) is 57.8 Å². The number of rotatable bonds is 3. The first kappa shape index (κ1) is 15.5. The van der Waals surface area contributed by atoms with Gasteiger partial charge in [0.2, 0.25) is 5.91 Å². The lowest BCUT2D eigenvalue weighted by molar-refractivity contribution is -0.138. The van der Waals surface area contributed by atoms with Crippen molar-refractivity contribution < 1.29 is 9.59 Å². The van der Waals surface area contributed by atoms with Crippen LogP contribution >= 0.6 is 0 Å². The first-order valence-electron chi connectivity index (χ1n) is 8.95. The summed E-state index contributed by atoms with van der Waals surface area (Å²) in [6.45, 7) is 4.84. The van der Waals surface area contributed by atoms with Crippen molar-refractivity contribution in [2.45, 2.75) is 39.0 Å². The number of nitrogens with zero attached hydrogens (tertiary/aromatic N) is 4. The zero-order valence-electron chi connectivity index (χ0n) is 14.2. The molecule has 1 aromatic rings. The topological polar surface area (TPSA) is 66.4 Å². The van der Waals surface area contributed by atoms with Gasteiger partial charge in [-0.3, -0.25) is 14.6 Å². The minimum Gasteiger partial charge on any atom is -0.342 e. The summed E-state index contributed by atoms with van der Waals surface area (Å²) >= 11 is 0. The molecule has 2 saturated heterocycles. The second kappa shape index (κ2) is 5.83. The quantitative estimate of drug-likeness (QED) is 0.846. The van der Waals surface area contributed by atoms with Crippen LogP contribution in [0.5, 0.6) is 0 Å². The summed E-state index contributed by atoms with van der Waals surface area (Å²) in [6.07, 6.45) is 8.33. The zero-order chi connectivity index (χ0) is 16.7. The minimum atomic E-state index is -0.360. The van der Waals surface area contributed by atoms with E-state index >= 15 is 0 Å². The number of carbonyl (C=O) groups is 2. The van der Waals surface area contributed by atoms with Crippen LogP contribution in [0, 0.1) is 18.3 Å². The van der Waals surface area contributed by atoms with E-state index < -0.39 is 0 Å². The van der Waals surface area contributed by atoms with Crippen molar-refractivity contribution in [3.8, 4) is 0 Å². The third-order valence-electron chi connectivity index (χ3n) is 5.64. The van der Waals surface area contributed by atoms with Crippen molar-refractivity contribution in [2.24, 2.45) is 11.3 Å². The molecule has 1 atom stereocenters. The summed E-state index contributed by atoms with van der Waals surface area (Å²) in [7, 11) is 0. The van der Waals surface area contributed by atoms with Gasteiger partial charge in [-0.05, 0) is 44.9 Å². The van der Waals surface area contributed by atoms with Crippen LogP contribution in [0.3, 0.4) is 0 Å². The Morgan fingerprint density at radius 2 is 2.08 bits per heavy atom. The van der Waals surface area contributed by atoms with E-state index in [0.717, 1.165) is 38.0 Å². The molecule has 0 radical (unpaired) electrons. The highest BCUT2D eigenvalue weighted by atomic mass is 16.2. The molecule has 0 N–H and O–H groups in total. The lowest BCUT2D eigenvalue weighted by Gasteiger charge is -2.38. The average molecular weight is 328 g/mol. The van der Waals surface area contributed by atoms with Crippen molar-refractivity contribution in [3.63, 3.8) is 0 Å². The molecule has 1 saturated carbocycles. The molecule has 2 amide bonds. The van der Waals surface area contributed by atoms with Crippen LogP contribution in [-0.2, 0) is 4.79 Å². The molecule has 3 aliphatic rings. The summed E-state index contributed by atoms with van der Waals surface area (Å²) in [5, 5.41) is 0. The number of likely N-dealkylation sites (tertiary alicyclic amines) is 2. The normalized spacial score (nSPS) is 27.1. The van der Waals surface area contributed by atoms with Gasteiger partial charge >= 0.3 is 0 Å². The molecular formula is C18H24N4O2. The molecule has 24 heavy (non-hydrogen) atoms. The molecule has 6 heteroatoms. The Morgan fingerprint density at radius 3 is 2.79 bits per heavy atom. The third kappa shape index (κ3) is 2.78. The van der Waals surface area contributed by atoms with Crippen molar-refractivity contribution in [1.29, 1.82) is 0 Å². The summed E-state index contributed by atoms with van der Waals surface area (Å²) in [5.41, 5.74) is 0.808. The Morgan fingerprint density at radius 1 is 1.25 bits per heavy atom. The van der Waals surface area contributed by atoms with Gasteiger partial charge < -0.3 is 9.80 Å². The van der Waals surface area contributed by atoms with Gasteiger partial charge in [-0.15, -0.1) is 0 Å². The van der Waals surface area contributed by atoms with Gasteiger partial charge in [-0.25, -0.2) is 4.98 Å². The standard InChI is InChI=1S/C18H24N4O2/c1-13-9-20-15(10-19-13)16(23)22-7-2-5-18(12-22)6-8-21(17(18)24)11-14-3-4-14/h9-10,14H,2-8,11-12H2,1H3. The molecule has 0 aromatic carbocycles. The minimum absolute atomic E-state index is 0.102. The highest BCUT2D eigenvalue weighted by molar-refractivity contribution is 5.93. The molecule has 1 spiro atoms. The van der Waals surface area contributed by atoms with Crippen LogP contribution in [0.4, 0.5) is 0 Å². The third-order valence-corrected chi connectivity index (χ3v) is 5.64. The smallest absolute Gasteiger partial charge is 0.274 e. The fraction of sp³-hybridized carbons (Fsp3) is 0.667. The van der Waals surface area contributed by atoms with Gasteiger partial charge in [0.15, 0.2) is 0 Å². The number of piperidine rings is 1. The van der Waals surface area contributed by atoms with E-state index in [4.69, 9.17) is 0 Å². The number of amides is 2. The first-order chi connectivity index (χ1) is 11.6. The van der Waals surface area contributed by atoms with Crippen molar-refractivity contribution in [3.05, 3.63) is 23.8 Å². The van der Waals surface area contributed by atoms with Crippen LogP contribution in [0.15, 0.2) is 12.4 Å². The second-order valence-corrected chi connectivity index (χ2v) is 7.60. The summed E-state index contributed by atoms with van der Waals surface area (Å²) < 4.78 is 0. The molecule has 3 heterocycles. The van der Waals surface area contributed by atoms with Crippen molar-refractivity contribution >= 4 is 11.8 Å². The summed E-state index contributed by atoms with van der Waals surface area (Å²) in [5.74, 6) is 0.880. The van der Waals surface area contributed by atoms with Gasteiger partial charge in [0.05, 0.1) is 17.3 Å². The molecule has 2 aliphatic heterocycles. The molecule has 1 unspecified atom stereocenters. The Balaban J connectivity index is 1.48. The van der Waals surface area contributed by atoms with E-state index in [0.29, 0.717) is 24.7 Å². The molecular weight excluding hydrogens is 304 g/mol. The second-order valence-electron chi connectivity index (χ2n) is 7.60. The number of aromatic nitrogens is 2. The highest BCUT2D eigenvalue weighted by Gasteiger charge is 2.50. The molecule has 6 nitrogen and oxygen atoms in total. The maximum absolute atomic E-state index is 13.0. The van der Waals surface area contributed by atoms with Crippen molar-refractivity contribution in [1.82, 2.24) is 19.8 Å². The van der Waals surface area contributed by atoms with E-state index in [1.807, 2.05) is 11.8 Å². The lowest BCUT2D eigenvalue weighted by Crippen LogP contribution is -2.50. The first-order valence-corrected chi connectivity index (χ1v) is 8.95. The van der Waals surface area contributed by atoms with Gasteiger partial charge in [-0.1, -0.05) is 0 Å². The largest absolute Gasteiger partial charge is 0.342 e. The van der Waals surface area contributed by atoms with E-state index in [1.165, 1.54) is 19.0 Å². The van der Waals surface area contributed by atoms with Gasteiger partial charge in [-0.2, -0.15) is 0 Å². The van der Waals surface area contributed by atoms with Gasteiger partial charge in [0.25, 0.3) is 5.91 Å². The molecule has 4 rings (SSSR count). The van der Waals surface area contributed by atoms with Crippen LogP contribution in [0.25, 0.3) is 0 Å². The van der Waals surface area contributed by atoms with E-state index in [9.17, 15) is 9.59 Å². The Labute approximate surface area is 142 Å². The monoisotopic (exact) mass is 328 g/mol. The zero-order valence-corrected chi connectivity index (χ0v) is 14.2. The predicted octanol–water partition coefficient (Wildman–Crippen LogP) is 1.65. The molecule has 128 valence electrons. The average Bonchev–Trinajstić information content (AvgIpc) is 3.37. The number of carbonyl (C=O) groups excluding carboxylic acids is 2. The fourth-order valence-electron chi connectivity index (χ4n) is 4.03. The number of hydrogen-bond acceptors (Lipinski definition) is 4. The van der Waals surface area contributed by atoms with Crippen LogP contribution in [0.2, 0.25) is 0 Å². The molecule has 0 bridgehead atoms. The molecule has 1 aliphatic carbocycles. The van der Waals surface area contributed by atoms with Crippen molar-refractivity contribution in [2.75, 3.05) is 26.2 Å². The summed E-state index contributed by atoms with van der Waals surface area (Å²) in [6, 6.07) is 0. The van der Waals surface area contributed by atoms with E-state index in [1.54, 1.807) is 11.1 Å². The molecule has 1 aromatic heterocycles. The Kier molecular flexibility index (Phi) is 3.77. The highest BCUT2D eigenvalue weighted by Crippen LogP contribution is 2.42. The SMILES string of the molecule is Cc1cnc(C(=O)N2CCCC3(CCN(CC4CC4)C3=O)C2)cn1. The maximum atomic E-state index is 13.0. The number of aryl methyl sites for hydroxylation is 1.